The Morgan fingerprint density at radius 2 is 1.88 bits per heavy atom. The molecule has 1 heterocycles. The highest BCUT2D eigenvalue weighted by molar-refractivity contribution is 5.63. The molecule has 2 aromatic carbocycles. The van der Waals surface area contributed by atoms with Crippen molar-refractivity contribution in [1.82, 2.24) is 10.1 Å². The van der Waals surface area contributed by atoms with E-state index in [-0.39, 0.29) is 17.6 Å². The van der Waals surface area contributed by atoms with E-state index < -0.39 is 5.82 Å². The summed E-state index contributed by atoms with van der Waals surface area (Å²) in [5.41, 5.74) is 0.992. The second kappa shape index (κ2) is 7.15. The Bertz CT molecular complexity index is 904. The number of hydrogen-bond donors (Lipinski definition) is 0. The molecule has 0 saturated heterocycles. The largest absolute Gasteiger partial charge is 0.493 e. The van der Waals surface area contributed by atoms with Gasteiger partial charge in [0, 0.05) is 5.56 Å². The molecule has 1 aromatic heterocycles. The normalized spacial score (nSPS) is 14.5. The maximum Gasteiger partial charge on any atom is 0.261 e. The lowest BCUT2D eigenvalue weighted by atomic mass is 10.2. The minimum Gasteiger partial charge on any atom is -0.493 e. The van der Waals surface area contributed by atoms with Crippen LogP contribution in [0, 0.1) is 5.82 Å². The van der Waals surface area contributed by atoms with Gasteiger partial charge in [0.15, 0.2) is 11.5 Å². The van der Waals surface area contributed by atoms with Gasteiger partial charge in [-0.2, -0.15) is 4.98 Å². The summed E-state index contributed by atoms with van der Waals surface area (Å²) in [5, 5.41) is 3.96. The molecule has 0 spiro atoms. The van der Waals surface area contributed by atoms with Gasteiger partial charge in [-0.15, -0.1) is 0 Å². The van der Waals surface area contributed by atoms with Crippen molar-refractivity contribution in [2.75, 3.05) is 7.11 Å². The number of ether oxygens (including phenoxy) is 2. The number of halogens is 1. The van der Waals surface area contributed by atoms with E-state index in [4.69, 9.17) is 14.0 Å². The summed E-state index contributed by atoms with van der Waals surface area (Å²) in [6.07, 6.45) is 4.79. The summed E-state index contributed by atoms with van der Waals surface area (Å²) >= 11 is 0. The number of aromatic nitrogens is 2. The zero-order valence-electron chi connectivity index (χ0n) is 14.4. The first-order valence-corrected chi connectivity index (χ1v) is 8.68. The van der Waals surface area contributed by atoms with E-state index in [9.17, 15) is 4.39 Å². The molecule has 0 atom stereocenters. The Labute approximate surface area is 150 Å². The van der Waals surface area contributed by atoms with Gasteiger partial charge in [0.05, 0.1) is 18.8 Å². The van der Waals surface area contributed by atoms with Gasteiger partial charge in [-0.3, -0.25) is 0 Å². The number of rotatable bonds is 5. The second-order valence-electron chi connectivity index (χ2n) is 6.29. The van der Waals surface area contributed by atoms with Crippen molar-refractivity contribution in [3.63, 3.8) is 0 Å². The summed E-state index contributed by atoms with van der Waals surface area (Å²) in [4.78, 5) is 4.31. The first-order valence-electron chi connectivity index (χ1n) is 8.68. The zero-order valence-corrected chi connectivity index (χ0v) is 14.4. The third-order valence-electron chi connectivity index (χ3n) is 4.55. The minimum atomic E-state index is -0.402. The molecule has 0 unspecified atom stereocenters. The fraction of sp³-hybridized carbons (Fsp3) is 0.300. The van der Waals surface area contributed by atoms with Crippen LogP contribution in [-0.4, -0.2) is 23.4 Å². The van der Waals surface area contributed by atoms with Crippen LogP contribution in [0.1, 0.15) is 25.7 Å². The number of benzene rings is 2. The first-order chi connectivity index (χ1) is 12.7. The van der Waals surface area contributed by atoms with Crippen LogP contribution in [0.4, 0.5) is 4.39 Å². The molecule has 0 radical (unpaired) electrons. The molecule has 26 heavy (non-hydrogen) atoms. The molecule has 4 rings (SSSR count). The van der Waals surface area contributed by atoms with E-state index in [1.165, 1.54) is 18.9 Å². The van der Waals surface area contributed by atoms with Gasteiger partial charge in [0.25, 0.3) is 5.89 Å². The summed E-state index contributed by atoms with van der Waals surface area (Å²) in [5.74, 6) is 1.44. The molecule has 0 amide bonds. The third-order valence-corrected chi connectivity index (χ3v) is 4.55. The predicted molar refractivity (Wildman–Crippen MR) is 94.6 cm³/mol. The number of methoxy groups -OCH3 is 1. The van der Waals surface area contributed by atoms with E-state index in [0.717, 1.165) is 12.8 Å². The minimum absolute atomic E-state index is 0.142. The maximum absolute atomic E-state index is 13.9. The highest BCUT2D eigenvalue weighted by Crippen LogP contribution is 2.35. The van der Waals surface area contributed by atoms with Crippen LogP contribution in [0.5, 0.6) is 11.5 Å². The van der Waals surface area contributed by atoms with Crippen LogP contribution in [0.2, 0.25) is 0 Å². The Morgan fingerprint density at radius 3 is 2.65 bits per heavy atom. The van der Waals surface area contributed by atoms with E-state index >= 15 is 0 Å². The van der Waals surface area contributed by atoms with Crippen molar-refractivity contribution in [2.45, 2.75) is 31.8 Å². The molecule has 1 fully saturated rings. The highest BCUT2D eigenvalue weighted by atomic mass is 19.1. The lowest BCUT2D eigenvalue weighted by Crippen LogP contribution is -2.11. The summed E-state index contributed by atoms with van der Waals surface area (Å²) in [7, 11) is 1.60. The van der Waals surface area contributed by atoms with Gasteiger partial charge in [0.2, 0.25) is 5.82 Å². The average Bonchev–Trinajstić information content (AvgIpc) is 3.34. The molecule has 1 saturated carbocycles. The van der Waals surface area contributed by atoms with Gasteiger partial charge < -0.3 is 14.0 Å². The molecule has 1 aliphatic rings. The van der Waals surface area contributed by atoms with Crippen molar-refractivity contribution in [3.8, 4) is 34.3 Å². The Hall–Kier alpha value is -2.89. The van der Waals surface area contributed by atoms with Crippen LogP contribution >= 0.6 is 0 Å². The third kappa shape index (κ3) is 3.27. The molecule has 0 bridgehead atoms. The van der Waals surface area contributed by atoms with Gasteiger partial charge >= 0.3 is 0 Å². The van der Waals surface area contributed by atoms with Crippen LogP contribution in [0.3, 0.4) is 0 Å². The van der Waals surface area contributed by atoms with E-state index in [0.29, 0.717) is 22.9 Å². The van der Waals surface area contributed by atoms with Crippen molar-refractivity contribution >= 4 is 0 Å². The predicted octanol–water partition coefficient (Wildman–Crippen LogP) is 4.87. The Balaban J connectivity index is 1.61. The average molecular weight is 354 g/mol. The molecule has 0 aliphatic heterocycles. The second-order valence-corrected chi connectivity index (χ2v) is 6.29. The smallest absolute Gasteiger partial charge is 0.261 e. The maximum atomic E-state index is 13.9. The summed E-state index contributed by atoms with van der Waals surface area (Å²) < 4.78 is 30.6. The zero-order chi connectivity index (χ0) is 17.9. The van der Waals surface area contributed by atoms with Crippen LogP contribution < -0.4 is 9.47 Å². The van der Waals surface area contributed by atoms with Crippen LogP contribution in [0.25, 0.3) is 22.8 Å². The highest BCUT2D eigenvalue weighted by Gasteiger charge is 2.20. The Morgan fingerprint density at radius 1 is 1.08 bits per heavy atom. The quantitative estimate of drug-likeness (QED) is 0.654. The van der Waals surface area contributed by atoms with Crippen LogP contribution in [-0.2, 0) is 0 Å². The number of hydrogen-bond acceptors (Lipinski definition) is 5. The fourth-order valence-electron chi connectivity index (χ4n) is 3.17. The van der Waals surface area contributed by atoms with E-state index in [2.05, 4.69) is 10.1 Å². The van der Waals surface area contributed by atoms with Crippen molar-refractivity contribution in [1.29, 1.82) is 0 Å². The van der Waals surface area contributed by atoms with Gasteiger partial charge in [-0.05, 0) is 56.0 Å². The topological polar surface area (TPSA) is 57.4 Å². The van der Waals surface area contributed by atoms with E-state index in [1.807, 2.05) is 12.1 Å². The van der Waals surface area contributed by atoms with Gasteiger partial charge in [-0.25, -0.2) is 4.39 Å². The Kier molecular flexibility index (Phi) is 4.56. The van der Waals surface area contributed by atoms with Crippen molar-refractivity contribution < 1.29 is 18.4 Å². The van der Waals surface area contributed by atoms with Crippen molar-refractivity contribution in [3.05, 3.63) is 48.3 Å². The molecule has 134 valence electrons. The standard InChI is InChI=1S/C20H19FN2O3/c1-24-18-12-13(10-11-17(18)25-14-6-2-3-7-14)19-22-20(26-23-19)15-8-4-5-9-16(15)21/h4-5,8-12,14H,2-3,6-7H2,1H3. The van der Waals surface area contributed by atoms with Crippen molar-refractivity contribution in [2.24, 2.45) is 0 Å². The molecular formula is C20H19FN2O3. The molecule has 3 aromatic rings. The molecule has 5 nitrogen and oxygen atoms in total. The lowest BCUT2D eigenvalue weighted by Gasteiger charge is -2.16. The summed E-state index contributed by atoms with van der Waals surface area (Å²) in [6, 6.07) is 11.8. The molecule has 0 N–H and O–H groups in total. The van der Waals surface area contributed by atoms with Crippen LogP contribution in [0.15, 0.2) is 47.0 Å². The molecule has 1 aliphatic carbocycles. The molecular weight excluding hydrogens is 335 g/mol. The summed E-state index contributed by atoms with van der Waals surface area (Å²) in [6.45, 7) is 0. The fourth-order valence-corrected chi connectivity index (χ4v) is 3.17. The number of nitrogens with zero attached hydrogens (tertiary/aromatic N) is 2. The first kappa shape index (κ1) is 16.6. The van der Waals surface area contributed by atoms with E-state index in [1.54, 1.807) is 31.4 Å². The monoisotopic (exact) mass is 354 g/mol. The van der Waals surface area contributed by atoms with Gasteiger partial charge in [-0.1, -0.05) is 17.3 Å². The molecule has 6 heteroatoms. The SMILES string of the molecule is COc1cc(-c2noc(-c3ccccc3F)n2)ccc1OC1CCCC1. The van der Waals surface area contributed by atoms with Gasteiger partial charge in [0.1, 0.15) is 5.82 Å². The lowest BCUT2D eigenvalue weighted by molar-refractivity contribution is 0.201.